The Morgan fingerprint density at radius 2 is 2.26 bits per heavy atom. The SMILES string of the molecule is CSCC(CCO)NC(=O)Nc1cc(Br)ccc1C. The number of thioether (sulfide) groups is 1. The van der Waals surface area contributed by atoms with Gasteiger partial charge in [-0.25, -0.2) is 4.79 Å². The number of benzene rings is 1. The molecule has 1 aromatic carbocycles. The van der Waals surface area contributed by atoms with Crippen molar-refractivity contribution in [3.8, 4) is 0 Å². The van der Waals surface area contributed by atoms with Crippen LogP contribution in [0, 0.1) is 6.92 Å². The summed E-state index contributed by atoms with van der Waals surface area (Å²) >= 11 is 5.02. The molecular weight excluding hydrogens is 328 g/mol. The number of aliphatic hydroxyl groups excluding tert-OH is 1. The van der Waals surface area contributed by atoms with Crippen molar-refractivity contribution in [1.82, 2.24) is 5.32 Å². The van der Waals surface area contributed by atoms with Gasteiger partial charge in [-0.05, 0) is 37.3 Å². The largest absolute Gasteiger partial charge is 0.396 e. The molecular formula is C13H19BrN2O2S. The lowest BCUT2D eigenvalue weighted by molar-refractivity contribution is 0.241. The minimum Gasteiger partial charge on any atom is -0.396 e. The fourth-order valence-electron chi connectivity index (χ4n) is 1.63. The number of halogens is 1. The van der Waals surface area contributed by atoms with E-state index in [0.717, 1.165) is 21.5 Å². The Bertz CT molecular complexity index is 423. The number of hydrogen-bond donors (Lipinski definition) is 3. The average molecular weight is 347 g/mol. The van der Waals surface area contributed by atoms with E-state index in [1.54, 1.807) is 11.8 Å². The molecule has 1 aromatic rings. The first-order valence-corrected chi connectivity index (χ1v) is 8.19. The monoisotopic (exact) mass is 346 g/mol. The summed E-state index contributed by atoms with van der Waals surface area (Å²) in [6, 6.07) is 5.47. The zero-order valence-electron chi connectivity index (χ0n) is 11.1. The van der Waals surface area contributed by atoms with Gasteiger partial charge in [0.15, 0.2) is 0 Å². The minimum atomic E-state index is -0.242. The second-order valence-electron chi connectivity index (χ2n) is 4.22. The summed E-state index contributed by atoms with van der Waals surface area (Å²) in [5, 5.41) is 14.7. The van der Waals surface area contributed by atoms with Crippen LogP contribution in [0.3, 0.4) is 0 Å². The first-order valence-electron chi connectivity index (χ1n) is 6.00. The third-order valence-electron chi connectivity index (χ3n) is 2.63. The molecule has 0 aromatic heterocycles. The van der Waals surface area contributed by atoms with Crippen LogP contribution < -0.4 is 10.6 Å². The van der Waals surface area contributed by atoms with Crippen LogP contribution in [0.5, 0.6) is 0 Å². The van der Waals surface area contributed by atoms with Gasteiger partial charge in [-0.1, -0.05) is 22.0 Å². The number of nitrogens with one attached hydrogen (secondary N) is 2. The Labute approximate surface area is 126 Å². The molecule has 0 bridgehead atoms. The Kier molecular flexibility index (Phi) is 7.27. The highest BCUT2D eigenvalue weighted by Crippen LogP contribution is 2.20. The number of anilines is 1. The third-order valence-corrected chi connectivity index (χ3v) is 3.86. The molecule has 2 amide bonds. The molecule has 0 spiro atoms. The van der Waals surface area contributed by atoms with Crippen molar-refractivity contribution in [2.24, 2.45) is 0 Å². The van der Waals surface area contributed by atoms with Gasteiger partial charge in [-0.3, -0.25) is 0 Å². The maximum Gasteiger partial charge on any atom is 0.319 e. The van der Waals surface area contributed by atoms with Crippen molar-refractivity contribution in [2.75, 3.05) is 23.9 Å². The molecule has 3 N–H and O–H groups in total. The smallest absolute Gasteiger partial charge is 0.319 e. The number of hydrogen-bond acceptors (Lipinski definition) is 3. The number of aryl methyl sites for hydroxylation is 1. The second kappa shape index (κ2) is 8.45. The molecule has 6 heteroatoms. The van der Waals surface area contributed by atoms with E-state index >= 15 is 0 Å². The quantitative estimate of drug-likeness (QED) is 0.741. The van der Waals surface area contributed by atoms with Gasteiger partial charge in [0.05, 0.1) is 0 Å². The van der Waals surface area contributed by atoms with Crippen LogP contribution in [0.15, 0.2) is 22.7 Å². The predicted molar refractivity (Wildman–Crippen MR) is 84.9 cm³/mol. The number of carbonyl (C=O) groups is 1. The van der Waals surface area contributed by atoms with Crippen molar-refractivity contribution in [2.45, 2.75) is 19.4 Å². The molecule has 19 heavy (non-hydrogen) atoms. The van der Waals surface area contributed by atoms with Crippen molar-refractivity contribution < 1.29 is 9.90 Å². The Morgan fingerprint density at radius 3 is 2.89 bits per heavy atom. The van der Waals surface area contributed by atoms with Crippen LogP contribution in [-0.4, -0.2) is 35.8 Å². The van der Waals surface area contributed by atoms with Gasteiger partial charge in [0.25, 0.3) is 0 Å². The van der Waals surface area contributed by atoms with E-state index in [0.29, 0.717) is 6.42 Å². The molecule has 0 fully saturated rings. The molecule has 0 aliphatic heterocycles. The van der Waals surface area contributed by atoms with Crippen LogP contribution in [0.1, 0.15) is 12.0 Å². The first kappa shape index (κ1) is 16.3. The van der Waals surface area contributed by atoms with Crippen LogP contribution in [0.4, 0.5) is 10.5 Å². The highest BCUT2D eigenvalue weighted by molar-refractivity contribution is 9.10. The lowest BCUT2D eigenvalue weighted by Gasteiger charge is -2.17. The summed E-state index contributed by atoms with van der Waals surface area (Å²) in [7, 11) is 0. The molecule has 0 aliphatic carbocycles. The van der Waals surface area contributed by atoms with E-state index in [2.05, 4.69) is 26.6 Å². The van der Waals surface area contributed by atoms with E-state index in [9.17, 15) is 4.79 Å². The molecule has 106 valence electrons. The standard InChI is InChI=1S/C13H19BrN2O2S/c1-9-3-4-10(14)7-12(9)16-13(18)15-11(5-6-17)8-19-2/h3-4,7,11,17H,5-6,8H2,1-2H3,(H2,15,16,18). The lowest BCUT2D eigenvalue weighted by atomic mass is 10.2. The summed E-state index contributed by atoms with van der Waals surface area (Å²) in [6.07, 6.45) is 2.54. The van der Waals surface area contributed by atoms with Gasteiger partial charge >= 0.3 is 6.03 Å². The summed E-state index contributed by atoms with van der Waals surface area (Å²) < 4.78 is 0.921. The second-order valence-corrected chi connectivity index (χ2v) is 6.05. The van der Waals surface area contributed by atoms with Crippen molar-refractivity contribution in [3.05, 3.63) is 28.2 Å². The zero-order chi connectivity index (χ0) is 14.3. The highest BCUT2D eigenvalue weighted by atomic mass is 79.9. The highest BCUT2D eigenvalue weighted by Gasteiger charge is 2.12. The normalized spacial score (nSPS) is 12.0. The van der Waals surface area contributed by atoms with Gasteiger partial charge in [0, 0.05) is 28.6 Å². The number of amides is 2. The predicted octanol–water partition coefficient (Wildman–Crippen LogP) is 2.99. The fourth-order valence-corrected chi connectivity index (χ4v) is 2.64. The number of rotatable bonds is 6. The molecule has 0 radical (unpaired) electrons. The lowest BCUT2D eigenvalue weighted by Crippen LogP contribution is -2.40. The Hall–Kier alpha value is -0.720. The molecule has 0 saturated heterocycles. The maximum absolute atomic E-state index is 11.9. The van der Waals surface area contributed by atoms with Gasteiger partial charge in [-0.15, -0.1) is 0 Å². The van der Waals surface area contributed by atoms with Crippen LogP contribution in [0.25, 0.3) is 0 Å². The topological polar surface area (TPSA) is 61.4 Å². The third kappa shape index (κ3) is 5.84. The van der Waals surface area contributed by atoms with Crippen LogP contribution in [-0.2, 0) is 0 Å². The Balaban J connectivity index is 2.60. The van der Waals surface area contributed by atoms with E-state index in [1.807, 2.05) is 31.4 Å². The number of carbonyl (C=O) groups excluding carboxylic acids is 1. The maximum atomic E-state index is 11.9. The van der Waals surface area contributed by atoms with E-state index in [1.165, 1.54) is 0 Å². The summed E-state index contributed by atoms with van der Waals surface area (Å²) in [5.41, 5.74) is 1.78. The van der Waals surface area contributed by atoms with Gasteiger partial charge in [-0.2, -0.15) is 11.8 Å². The molecule has 0 saturated carbocycles. The van der Waals surface area contributed by atoms with Crippen molar-refractivity contribution >= 4 is 39.4 Å². The van der Waals surface area contributed by atoms with Crippen molar-refractivity contribution in [3.63, 3.8) is 0 Å². The molecule has 1 unspecified atom stereocenters. The fraction of sp³-hybridized carbons (Fsp3) is 0.462. The first-order chi connectivity index (χ1) is 9.06. The molecule has 0 heterocycles. The molecule has 4 nitrogen and oxygen atoms in total. The van der Waals surface area contributed by atoms with Gasteiger partial charge in [0.2, 0.25) is 0 Å². The Morgan fingerprint density at radius 1 is 1.53 bits per heavy atom. The summed E-state index contributed by atoms with van der Waals surface area (Å²) in [4.78, 5) is 11.9. The van der Waals surface area contributed by atoms with Gasteiger partial charge in [0.1, 0.15) is 0 Å². The minimum absolute atomic E-state index is 0.0209. The zero-order valence-corrected chi connectivity index (χ0v) is 13.5. The summed E-state index contributed by atoms with van der Waals surface area (Å²) in [6.45, 7) is 2.01. The van der Waals surface area contributed by atoms with E-state index in [4.69, 9.17) is 5.11 Å². The molecule has 1 rings (SSSR count). The molecule has 0 aliphatic rings. The van der Waals surface area contributed by atoms with E-state index < -0.39 is 0 Å². The van der Waals surface area contributed by atoms with Crippen LogP contribution in [0.2, 0.25) is 0 Å². The average Bonchev–Trinajstić information content (AvgIpc) is 2.34. The van der Waals surface area contributed by atoms with Crippen LogP contribution >= 0.6 is 27.7 Å². The number of aliphatic hydroxyl groups is 1. The van der Waals surface area contributed by atoms with Crippen molar-refractivity contribution in [1.29, 1.82) is 0 Å². The summed E-state index contributed by atoms with van der Waals surface area (Å²) in [5.74, 6) is 0.783. The van der Waals surface area contributed by atoms with Gasteiger partial charge < -0.3 is 15.7 Å². The van der Waals surface area contributed by atoms with E-state index in [-0.39, 0.29) is 18.7 Å². The number of urea groups is 1. The molecule has 1 atom stereocenters.